The van der Waals surface area contributed by atoms with E-state index in [2.05, 4.69) is 5.32 Å². The first kappa shape index (κ1) is 14.5. The largest absolute Gasteiger partial charge is 0.497 e. The van der Waals surface area contributed by atoms with Gasteiger partial charge in [-0.15, -0.1) is 0 Å². The summed E-state index contributed by atoms with van der Waals surface area (Å²) in [5.41, 5.74) is 0.477. The molecule has 0 atom stereocenters. The van der Waals surface area contributed by atoms with Gasteiger partial charge >= 0.3 is 0 Å². The van der Waals surface area contributed by atoms with Crippen LogP contribution in [0.3, 0.4) is 0 Å². The van der Waals surface area contributed by atoms with Crippen molar-refractivity contribution >= 4 is 5.78 Å². The molecule has 4 nitrogen and oxygen atoms in total. The van der Waals surface area contributed by atoms with Crippen molar-refractivity contribution in [1.82, 2.24) is 5.32 Å². The number of carbonyl (C=O) groups excluding carboxylic acids is 1. The molecule has 1 N–H and O–H groups in total. The molecule has 100 valence electrons. The van der Waals surface area contributed by atoms with E-state index in [1.807, 2.05) is 20.8 Å². The standard InChI is InChI=1S/C14H21NO3/c1-14(2,3)15-9-12(16)11-7-6-10(17-4)8-13(11)18-5/h6-8,15H,9H2,1-5H3. The molecule has 0 radical (unpaired) electrons. The van der Waals surface area contributed by atoms with Gasteiger partial charge in [0.15, 0.2) is 5.78 Å². The molecule has 0 aliphatic heterocycles. The van der Waals surface area contributed by atoms with Gasteiger partial charge < -0.3 is 14.8 Å². The number of benzene rings is 1. The number of rotatable bonds is 5. The summed E-state index contributed by atoms with van der Waals surface area (Å²) in [7, 11) is 3.13. The molecule has 0 heterocycles. The Hall–Kier alpha value is -1.55. The molecule has 0 saturated heterocycles. The summed E-state index contributed by atoms with van der Waals surface area (Å²) in [6, 6.07) is 5.20. The highest BCUT2D eigenvalue weighted by molar-refractivity contribution is 6.00. The summed E-state index contributed by atoms with van der Waals surface area (Å²) in [6.07, 6.45) is 0. The Morgan fingerprint density at radius 2 is 1.89 bits per heavy atom. The van der Waals surface area contributed by atoms with E-state index in [4.69, 9.17) is 9.47 Å². The summed E-state index contributed by atoms with van der Waals surface area (Å²) in [4.78, 5) is 12.1. The first-order valence-corrected chi connectivity index (χ1v) is 5.87. The van der Waals surface area contributed by atoms with Crippen molar-refractivity contribution in [3.63, 3.8) is 0 Å². The minimum absolute atomic E-state index is 0.00410. The molecule has 0 aromatic heterocycles. The Kier molecular flexibility index (Phi) is 4.73. The zero-order valence-electron chi connectivity index (χ0n) is 11.7. The number of nitrogens with one attached hydrogen (secondary N) is 1. The number of Topliss-reactive ketones (excluding diaryl/α,β-unsaturated/α-hetero) is 1. The van der Waals surface area contributed by atoms with Gasteiger partial charge in [0.05, 0.1) is 26.3 Å². The molecule has 1 aromatic carbocycles. The van der Waals surface area contributed by atoms with Crippen LogP contribution in [-0.2, 0) is 0 Å². The lowest BCUT2D eigenvalue weighted by Crippen LogP contribution is -2.39. The van der Waals surface area contributed by atoms with E-state index in [0.717, 1.165) is 0 Å². The fraction of sp³-hybridized carbons (Fsp3) is 0.500. The Balaban J connectivity index is 2.85. The third-order valence-electron chi connectivity index (χ3n) is 2.49. The molecule has 18 heavy (non-hydrogen) atoms. The van der Waals surface area contributed by atoms with E-state index in [1.54, 1.807) is 32.4 Å². The average Bonchev–Trinajstić information content (AvgIpc) is 2.34. The van der Waals surface area contributed by atoms with Crippen LogP contribution in [0.5, 0.6) is 11.5 Å². The van der Waals surface area contributed by atoms with E-state index in [-0.39, 0.29) is 17.9 Å². The quantitative estimate of drug-likeness (QED) is 0.816. The second kappa shape index (κ2) is 5.87. The Labute approximate surface area is 108 Å². The molecule has 0 unspecified atom stereocenters. The van der Waals surface area contributed by atoms with Crippen LogP contribution in [0.2, 0.25) is 0 Å². The maximum atomic E-state index is 12.1. The van der Waals surface area contributed by atoms with Crippen molar-refractivity contribution in [3.8, 4) is 11.5 Å². The van der Waals surface area contributed by atoms with E-state index in [9.17, 15) is 4.79 Å². The van der Waals surface area contributed by atoms with E-state index in [0.29, 0.717) is 17.1 Å². The van der Waals surface area contributed by atoms with Crippen molar-refractivity contribution in [2.75, 3.05) is 20.8 Å². The highest BCUT2D eigenvalue weighted by Crippen LogP contribution is 2.24. The molecule has 4 heteroatoms. The van der Waals surface area contributed by atoms with Crippen molar-refractivity contribution in [2.45, 2.75) is 26.3 Å². The minimum atomic E-state index is -0.0879. The van der Waals surface area contributed by atoms with E-state index >= 15 is 0 Å². The number of hydrogen-bond acceptors (Lipinski definition) is 4. The van der Waals surface area contributed by atoms with Gasteiger partial charge in [0.25, 0.3) is 0 Å². The summed E-state index contributed by atoms with van der Waals surface area (Å²) < 4.78 is 10.3. The Morgan fingerprint density at radius 1 is 1.22 bits per heavy atom. The second-order valence-electron chi connectivity index (χ2n) is 5.09. The van der Waals surface area contributed by atoms with Gasteiger partial charge in [0, 0.05) is 11.6 Å². The van der Waals surface area contributed by atoms with Crippen LogP contribution in [-0.4, -0.2) is 32.1 Å². The maximum absolute atomic E-state index is 12.1. The van der Waals surface area contributed by atoms with Crippen molar-refractivity contribution in [2.24, 2.45) is 0 Å². The van der Waals surface area contributed by atoms with Crippen molar-refractivity contribution in [3.05, 3.63) is 23.8 Å². The number of ether oxygens (including phenoxy) is 2. The van der Waals surface area contributed by atoms with Crippen LogP contribution in [0.15, 0.2) is 18.2 Å². The summed E-state index contributed by atoms with van der Waals surface area (Å²) in [5, 5.41) is 3.16. The molecule has 0 aliphatic carbocycles. The molecule has 1 rings (SSSR count). The molecule has 0 amide bonds. The molecule has 0 spiro atoms. The zero-order chi connectivity index (χ0) is 13.8. The van der Waals surface area contributed by atoms with Gasteiger partial charge in [0.1, 0.15) is 11.5 Å². The SMILES string of the molecule is COc1ccc(C(=O)CNC(C)(C)C)c(OC)c1. The predicted molar refractivity (Wildman–Crippen MR) is 71.6 cm³/mol. The van der Waals surface area contributed by atoms with Gasteiger partial charge in [-0.2, -0.15) is 0 Å². The van der Waals surface area contributed by atoms with Crippen molar-refractivity contribution < 1.29 is 14.3 Å². The highest BCUT2D eigenvalue weighted by Gasteiger charge is 2.16. The molecule has 0 aliphatic rings. The fourth-order valence-electron chi connectivity index (χ4n) is 1.47. The fourth-order valence-corrected chi connectivity index (χ4v) is 1.47. The number of hydrogen-bond donors (Lipinski definition) is 1. The molecular weight excluding hydrogens is 230 g/mol. The first-order chi connectivity index (χ1) is 8.37. The van der Waals surface area contributed by atoms with Crippen LogP contribution in [0.1, 0.15) is 31.1 Å². The van der Waals surface area contributed by atoms with Crippen LogP contribution >= 0.6 is 0 Å². The summed E-state index contributed by atoms with van der Waals surface area (Å²) in [5.74, 6) is 1.21. The van der Waals surface area contributed by atoms with E-state index in [1.165, 1.54) is 0 Å². The lowest BCUT2D eigenvalue weighted by molar-refractivity contribution is 0.0979. The summed E-state index contributed by atoms with van der Waals surface area (Å²) in [6.45, 7) is 6.34. The van der Waals surface area contributed by atoms with Gasteiger partial charge in [-0.25, -0.2) is 0 Å². The maximum Gasteiger partial charge on any atom is 0.180 e. The molecule has 0 bridgehead atoms. The lowest BCUT2D eigenvalue weighted by Gasteiger charge is -2.20. The van der Waals surface area contributed by atoms with Gasteiger partial charge in [0.2, 0.25) is 0 Å². The lowest BCUT2D eigenvalue weighted by atomic mass is 10.1. The normalized spacial score (nSPS) is 11.2. The topological polar surface area (TPSA) is 47.6 Å². The molecular formula is C14H21NO3. The first-order valence-electron chi connectivity index (χ1n) is 5.87. The van der Waals surface area contributed by atoms with Gasteiger partial charge in [-0.05, 0) is 32.9 Å². The van der Waals surface area contributed by atoms with Crippen LogP contribution < -0.4 is 14.8 Å². The van der Waals surface area contributed by atoms with Gasteiger partial charge in [-0.1, -0.05) is 0 Å². The van der Waals surface area contributed by atoms with Crippen LogP contribution in [0.25, 0.3) is 0 Å². The average molecular weight is 251 g/mol. The number of methoxy groups -OCH3 is 2. The minimum Gasteiger partial charge on any atom is -0.497 e. The third kappa shape index (κ3) is 4.04. The molecule has 0 saturated carbocycles. The Bertz CT molecular complexity index is 422. The highest BCUT2D eigenvalue weighted by atomic mass is 16.5. The predicted octanol–water partition coefficient (Wildman–Crippen LogP) is 2.27. The molecule has 1 aromatic rings. The second-order valence-corrected chi connectivity index (χ2v) is 5.09. The summed E-state index contributed by atoms with van der Waals surface area (Å²) >= 11 is 0. The third-order valence-corrected chi connectivity index (χ3v) is 2.49. The van der Waals surface area contributed by atoms with Crippen LogP contribution in [0.4, 0.5) is 0 Å². The smallest absolute Gasteiger partial charge is 0.180 e. The zero-order valence-corrected chi connectivity index (χ0v) is 11.7. The number of ketones is 1. The molecule has 0 fully saturated rings. The van der Waals surface area contributed by atoms with E-state index < -0.39 is 0 Å². The number of carbonyl (C=O) groups is 1. The monoisotopic (exact) mass is 251 g/mol. The van der Waals surface area contributed by atoms with Crippen LogP contribution in [0, 0.1) is 0 Å². The Morgan fingerprint density at radius 3 is 2.39 bits per heavy atom. The van der Waals surface area contributed by atoms with Crippen molar-refractivity contribution in [1.29, 1.82) is 0 Å². The van der Waals surface area contributed by atoms with Gasteiger partial charge in [-0.3, -0.25) is 4.79 Å².